The zero-order valence-corrected chi connectivity index (χ0v) is 5.82. The second kappa shape index (κ2) is 2.23. The molecule has 0 radical (unpaired) electrons. The zero-order valence-electron chi connectivity index (χ0n) is 6.82. The molecule has 54 valence electrons. The molecule has 2 aromatic rings. The lowest BCUT2D eigenvalue weighted by Crippen LogP contribution is -1.75. The fourth-order valence-corrected chi connectivity index (χ4v) is 1.05. The van der Waals surface area contributed by atoms with Crippen LogP contribution < -0.4 is 0 Å². The van der Waals surface area contributed by atoms with Crippen molar-refractivity contribution in [2.24, 2.45) is 0 Å². The van der Waals surface area contributed by atoms with E-state index in [0.29, 0.717) is 5.75 Å². The van der Waals surface area contributed by atoms with Gasteiger partial charge in [-0.2, -0.15) is 0 Å². The van der Waals surface area contributed by atoms with Crippen LogP contribution in [0.3, 0.4) is 0 Å². The van der Waals surface area contributed by atoms with Gasteiger partial charge in [-0.25, -0.2) is 0 Å². The van der Waals surface area contributed by atoms with Crippen LogP contribution >= 0.6 is 0 Å². The van der Waals surface area contributed by atoms with Gasteiger partial charge in [-0.3, -0.25) is 4.98 Å². The maximum atomic E-state index is 6.69. The first-order valence-electron chi connectivity index (χ1n) is 3.79. The molecular weight excluding hydrogens is 138 g/mol. The predicted molar refractivity (Wildman–Crippen MR) is 43.4 cm³/mol. The molecule has 0 aliphatic rings. The Bertz CT molecular complexity index is 402. The van der Waals surface area contributed by atoms with Crippen LogP contribution in [0.1, 0.15) is 0 Å². The van der Waals surface area contributed by atoms with Gasteiger partial charge in [0.25, 0.3) is 1.43 Å². The minimum Gasteiger partial charge on any atom is -0.508 e. The number of phenolic OH excluding ortho intramolecular Hbond substituents is 1. The summed E-state index contributed by atoms with van der Waals surface area (Å²) < 4.78 is 6.69. The molecule has 0 fully saturated rings. The number of aromatic hydroxyl groups is 1. The molecule has 0 saturated heterocycles. The van der Waals surface area contributed by atoms with E-state index in [0.717, 1.165) is 10.9 Å². The van der Waals surface area contributed by atoms with E-state index in [1.807, 2.05) is 18.2 Å². The molecule has 0 bridgehead atoms. The molecule has 2 heteroatoms. The Hall–Kier alpha value is -1.57. The van der Waals surface area contributed by atoms with Crippen LogP contribution in [-0.4, -0.2) is 11.5 Å². The first kappa shape index (κ1) is 5.13. The number of fused-ring (bicyclic) bond motifs is 1. The van der Waals surface area contributed by atoms with Crippen molar-refractivity contribution in [2.45, 2.75) is 0 Å². The summed E-state index contributed by atoms with van der Waals surface area (Å²) in [6.07, 6.45) is 1.72. The van der Waals surface area contributed by atoms with Crippen molar-refractivity contribution in [3.63, 3.8) is 0 Å². The lowest BCUT2D eigenvalue weighted by Gasteiger charge is -1.95. The number of hydrogen-bond donors (Lipinski definition) is 1. The second-order valence-corrected chi connectivity index (χ2v) is 2.36. The Balaban J connectivity index is 2.67. The van der Waals surface area contributed by atoms with Crippen LogP contribution in [0.5, 0.6) is 5.75 Å². The van der Waals surface area contributed by atoms with Crippen LogP contribution in [-0.2, 0) is 0 Å². The van der Waals surface area contributed by atoms with E-state index in [4.69, 9.17) is 1.43 Å². The molecule has 0 aliphatic carbocycles. The summed E-state index contributed by atoms with van der Waals surface area (Å²) in [5.74, 6) is 0.515. The summed E-state index contributed by atoms with van der Waals surface area (Å²) >= 11 is 0. The van der Waals surface area contributed by atoms with E-state index >= 15 is 0 Å². The topological polar surface area (TPSA) is 33.1 Å². The van der Waals surface area contributed by atoms with E-state index in [1.165, 1.54) is 0 Å². The molecule has 11 heavy (non-hydrogen) atoms. The van der Waals surface area contributed by atoms with Crippen molar-refractivity contribution in [2.75, 3.05) is 0 Å². The summed E-state index contributed by atoms with van der Waals surface area (Å²) in [5, 5.41) is 5.39. The Labute approximate surface area is 65.6 Å². The molecule has 0 saturated carbocycles. The minimum atomic E-state index is 0.515. The molecule has 0 atom stereocenters. The van der Waals surface area contributed by atoms with Gasteiger partial charge < -0.3 is 5.11 Å². The lowest BCUT2D eigenvalue weighted by molar-refractivity contribution is 0.476. The van der Waals surface area contributed by atoms with Crippen LogP contribution in [0.4, 0.5) is 0 Å². The second-order valence-electron chi connectivity index (χ2n) is 2.36. The normalized spacial score (nSPS) is 11.1. The third-order valence-corrected chi connectivity index (χ3v) is 1.58. The van der Waals surface area contributed by atoms with Crippen LogP contribution in [0.2, 0.25) is 0 Å². The molecule has 0 amide bonds. The number of nitrogens with zero attached hydrogens (tertiary/aromatic N) is 1. The zero-order chi connectivity index (χ0) is 8.39. The smallest absolute Gasteiger partial charge is 0.293 e. The SMILES string of the molecule is [2H]Oc1ccc2cccnc2c1. The van der Waals surface area contributed by atoms with Gasteiger partial charge in [0.1, 0.15) is 5.75 Å². The van der Waals surface area contributed by atoms with Crippen LogP contribution in [0.15, 0.2) is 36.5 Å². The van der Waals surface area contributed by atoms with Crippen LogP contribution in [0, 0.1) is 0 Å². The average molecular weight is 146 g/mol. The Morgan fingerprint density at radius 3 is 3.27 bits per heavy atom. The van der Waals surface area contributed by atoms with E-state index in [1.54, 1.807) is 18.3 Å². The van der Waals surface area contributed by atoms with Gasteiger partial charge in [0.15, 0.2) is 0 Å². The molecule has 2 rings (SSSR count). The van der Waals surface area contributed by atoms with Gasteiger partial charge in [0.05, 0.1) is 5.52 Å². The van der Waals surface area contributed by atoms with E-state index in [9.17, 15) is 0 Å². The van der Waals surface area contributed by atoms with Gasteiger partial charge in [-0.05, 0) is 18.2 Å². The number of hydrogen-bond acceptors (Lipinski definition) is 2. The monoisotopic (exact) mass is 146 g/mol. The quantitative estimate of drug-likeness (QED) is 0.666. The van der Waals surface area contributed by atoms with Gasteiger partial charge in [-0.15, -0.1) is 0 Å². The summed E-state index contributed by atoms with van der Waals surface area (Å²) in [7, 11) is 0. The highest BCUT2D eigenvalue weighted by atomic mass is 16.3. The largest absolute Gasteiger partial charge is 0.508 e. The first-order valence-corrected chi connectivity index (χ1v) is 3.38. The highest BCUT2D eigenvalue weighted by molar-refractivity contribution is 5.79. The minimum absolute atomic E-state index is 0.515. The summed E-state index contributed by atoms with van der Waals surface area (Å²) in [5.41, 5.74) is 0.849. The van der Waals surface area contributed by atoms with Crippen molar-refractivity contribution < 1.29 is 5.11 Å². The van der Waals surface area contributed by atoms with E-state index < -0.39 is 0 Å². The Kier molecular flexibility index (Phi) is 1.04. The number of aromatic nitrogens is 1. The molecule has 1 N–H and O–H groups in total. The number of phenols is 1. The van der Waals surface area contributed by atoms with Crippen molar-refractivity contribution in [1.82, 2.24) is 4.98 Å². The Morgan fingerprint density at radius 2 is 2.36 bits per heavy atom. The van der Waals surface area contributed by atoms with Crippen molar-refractivity contribution in [1.29, 1.82) is 1.43 Å². The highest BCUT2D eigenvalue weighted by Crippen LogP contribution is 2.16. The van der Waals surface area contributed by atoms with Crippen molar-refractivity contribution in [3.05, 3.63) is 36.5 Å². The maximum Gasteiger partial charge on any atom is 0.293 e. The summed E-state index contributed by atoms with van der Waals surface area (Å²) in [6, 6.07) is 9.21. The van der Waals surface area contributed by atoms with Gasteiger partial charge in [0.2, 0.25) is 0 Å². The molecule has 1 aromatic heterocycles. The van der Waals surface area contributed by atoms with Crippen LogP contribution in [0.25, 0.3) is 10.9 Å². The number of pyridine rings is 1. The van der Waals surface area contributed by atoms with E-state index in [2.05, 4.69) is 10.1 Å². The third-order valence-electron chi connectivity index (χ3n) is 1.58. The molecular formula is C9H7NO. The molecule has 2 nitrogen and oxygen atoms in total. The summed E-state index contributed by atoms with van der Waals surface area (Å²) in [6.45, 7) is 0. The number of rotatable bonds is 1. The number of benzene rings is 1. The van der Waals surface area contributed by atoms with Crippen molar-refractivity contribution >= 4 is 10.9 Å². The fourth-order valence-electron chi connectivity index (χ4n) is 1.05. The fraction of sp³-hybridized carbons (Fsp3) is 0. The van der Waals surface area contributed by atoms with Gasteiger partial charge in [0, 0.05) is 17.6 Å². The van der Waals surface area contributed by atoms with Gasteiger partial charge >= 0.3 is 0 Å². The first-order chi connectivity index (χ1) is 5.90. The average Bonchev–Trinajstić information content (AvgIpc) is 2.17. The molecule has 0 unspecified atom stereocenters. The molecule has 1 heterocycles. The Morgan fingerprint density at radius 1 is 1.36 bits per heavy atom. The van der Waals surface area contributed by atoms with Crippen molar-refractivity contribution in [3.8, 4) is 5.75 Å². The van der Waals surface area contributed by atoms with E-state index in [-0.39, 0.29) is 0 Å². The standard InChI is InChI=1S/C9H7NO/c11-8-4-3-7-2-1-5-10-9(7)6-8/h1-6,11H/i/hD. The summed E-state index contributed by atoms with van der Waals surface area (Å²) in [4.78, 5) is 4.13. The third kappa shape index (κ3) is 1.03. The maximum absolute atomic E-state index is 6.69. The highest BCUT2D eigenvalue weighted by Gasteiger charge is 1.92. The molecule has 1 aromatic carbocycles. The lowest BCUT2D eigenvalue weighted by atomic mass is 10.2. The predicted octanol–water partition coefficient (Wildman–Crippen LogP) is 1.94. The van der Waals surface area contributed by atoms with Gasteiger partial charge in [-0.1, -0.05) is 6.07 Å². The molecule has 0 aliphatic heterocycles. The molecule has 0 spiro atoms.